The number of sulfonamides is 1. The van der Waals surface area contributed by atoms with Gasteiger partial charge in [0.1, 0.15) is 4.90 Å². The highest BCUT2D eigenvalue weighted by atomic mass is 35.5. The molecule has 1 aromatic rings. The van der Waals surface area contributed by atoms with Crippen molar-refractivity contribution in [2.24, 2.45) is 5.73 Å². The molecular formula is C10H15ClF2N2O2S. The lowest BCUT2D eigenvalue weighted by Crippen LogP contribution is -2.48. The summed E-state index contributed by atoms with van der Waals surface area (Å²) in [5, 5.41) is 0. The molecule has 4 nitrogen and oxygen atoms in total. The van der Waals surface area contributed by atoms with Crippen LogP contribution in [0, 0.1) is 11.6 Å². The van der Waals surface area contributed by atoms with E-state index >= 15 is 0 Å². The summed E-state index contributed by atoms with van der Waals surface area (Å²) in [6.07, 6.45) is 0. The van der Waals surface area contributed by atoms with Crippen molar-refractivity contribution in [1.29, 1.82) is 0 Å². The van der Waals surface area contributed by atoms with Gasteiger partial charge in [-0.2, -0.15) is 0 Å². The van der Waals surface area contributed by atoms with Gasteiger partial charge in [0.05, 0.1) is 0 Å². The zero-order valence-electron chi connectivity index (χ0n) is 9.91. The Hall–Kier alpha value is -0.760. The van der Waals surface area contributed by atoms with Gasteiger partial charge < -0.3 is 5.73 Å². The fraction of sp³-hybridized carbons (Fsp3) is 0.400. The third-order valence-electron chi connectivity index (χ3n) is 2.13. The first-order valence-corrected chi connectivity index (χ1v) is 6.36. The van der Waals surface area contributed by atoms with E-state index in [-0.39, 0.29) is 19.0 Å². The number of nitrogens with two attached hydrogens (primary N) is 1. The first-order valence-electron chi connectivity index (χ1n) is 4.88. The fourth-order valence-electron chi connectivity index (χ4n) is 1.15. The molecule has 0 saturated carbocycles. The van der Waals surface area contributed by atoms with Crippen LogP contribution >= 0.6 is 12.4 Å². The Morgan fingerprint density at radius 1 is 1.33 bits per heavy atom. The summed E-state index contributed by atoms with van der Waals surface area (Å²) >= 11 is 0. The summed E-state index contributed by atoms with van der Waals surface area (Å²) in [6, 6.07) is 2.97. The number of hydrogen-bond donors (Lipinski definition) is 2. The van der Waals surface area contributed by atoms with E-state index in [0.717, 1.165) is 18.2 Å². The topological polar surface area (TPSA) is 72.2 Å². The predicted octanol–water partition coefficient (Wildman–Crippen LogP) is 1.40. The molecular weight excluding hydrogens is 286 g/mol. The molecule has 0 unspecified atom stereocenters. The van der Waals surface area contributed by atoms with Gasteiger partial charge in [-0.1, -0.05) is 6.07 Å². The molecule has 0 spiro atoms. The summed E-state index contributed by atoms with van der Waals surface area (Å²) < 4.78 is 52.1. The maximum atomic E-state index is 13.4. The van der Waals surface area contributed by atoms with E-state index < -0.39 is 32.1 Å². The van der Waals surface area contributed by atoms with Gasteiger partial charge in [0.25, 0.3) is 0 Å². The number of hydrogen-bond acceptors (Lipinski definition) is 3. The van der Waals surface area contributed by atoms with Crippen LogP contribution in [0.4, 0.5) is 8.78 Å². The first-order chi connectivity index (χ1) is 7.69. The first kappa shape index (κ1) is 17.2. The minimum atomic E-state index is -4.13. The van der Waals surface area contributed by atoms with Crippen LogP contribution in [0.2, 0.25) is 0 Å². The molecule has 0 radical (unpaired) electrons. The van der Waals surface area contributed by atoms with Crippen molar-refractivity contribution >= 4 is 22.4 Å². The van der Waals surface area contributed by atoms with Crippen LogP contribution in [0.25, 0.3) is 0 Å². The molecule has 0 fully saturated rings. The van der Waals surface area contributed by atoms with E-state index in [2.05, 4.69) is 4.72 Å². The van der Waals surface area contributed by atoms with Crippen molar-refractivity contribution < 1.29 is 17.2 Å². The standard InChI is InChI=1S/C10H14F2N2O2S.ClH/c1-10(2,6-13)14-17(15,16)8-5-3-4-7(11)9(8)12;/h3-5,14H,6,13H2,1-2H3;1H. The molecule has 18 heavy (non-hydrogen) atoms. The Kier molecular flexibility index (Phi) is 5.67. The van der Waals surface area contributed by atoms with Crippen LogP contribution in [-0.2, 0) is 10.0 Å². The summed E-state index contributed by atoms with van der Waals surface area (Å²) in [4.78, 5) is -0.723. The van der Waals surface area contributed by atoms with Crippen LogP contribution < -0.4 is 10.5 Å². The van der Waals surface area contributed by atoms with E-state index in [1.807, 2.05) is 0 Å². The summed E-state index contributed by atoms with van der Waals surface area (Å²) in [7, 11) is -4.13. The molecule has 1 rings (SSSR count). The molecule has 0 heterocycles. The van der Waals surface area contributed by atoms with Crippen molar-refractivity contribution in [2.75, 3.05) is 6.54 Å². The molecule has 0 aromatic heterocycles. The van der Waals surface area contributed by atoms with Crippen LogP contribution in [0.1, 0.15) is 13.8 Å². The van der Waals surface area contributed by atoms with Crippen molar-refractivity contribution in [3.63, 3.8) is 0 Å². The monoisotopic (exact) mass is 300 g/mol. The van der Waals surface area contributed by atoms with Gasteiger partial charge in [-0.15, -0.1) is 12.4 Å². The largest absolute Gasteiger partial charge is 0.329 e. The number of halogens is 3. The molecule has 1 aromatic carbocycles. The molecule has 0 aliphatic rings. The zero-order valence-corrected chi connectivity index (χ0v) is 11.5. The number of nitrogens with one attached hydrogen (secondary N) is 1. The molecule has 0 aliphatic heterocycles. The molecule has 0 atom stereocenters. The third-order valence-corrected chi connectivity index (χ3v) is 3.84. The molecule has 104 valence electrons. The van der Waals surface area contributed by atoms with Crippen LogP contribution in [-0.4, -0.2) is 20.5 Å². The lowest BCUT2D eigenvalue weighted by Gasteiger charge is -2.23. The van der Waals surface area contributed by atoms with Crippen LogP contribution in [0.3, 0.4) is 0 Å². The van der Waals surface area contributed by atoms with Gasteiger partial charge in [0.15, 0.2) is 11.6 Å². The summed E-state index contributed by atoms with van der Waals surface area (Å²) in [5.41, 5.74) is 4.43. The van der Waals surface area contributed by atoms with Gasteiger partial charge in [0.2, 0.25) is 10.0 Å². The lowest BCUT2D eigenvalue weighted by molar-refractivity contribution is 0.452. The highest BCUT2D eigenvalue weighted by Gasteiger charge is 2.28. The van der Waals surface area contributed by atoms with Crippen molar-refractivity contribution in [3.8, 4) is 0 Å². The van der Waals surface area contributed by atoms with Gasteiger partial charge in [-0.25, -0.2) is 21.9 Å². The Morgan fingerprint density at radius 3 is 2.39 bits per heavy atom. The van der Waals surface area contributed by atoms with E-state index in [1.54, 1.807) is 13.8 Å². The molecule has 0 saturated heterocycles. The second-order valence-electron chi connectivity index (χ2n) is 4.25. The second-order valence-corrected chi connectivity index (χ2v) is 5.90. The Bertz CT molecular complexity index is 521. The highest BCUT2D eigenvalue weighted by molar-refractivity contribution is 7.89. The maximum absolute atomic E-state index is 13.4. The van der Waals surface area contributed by atoms with Crippen molar-refractivity contribution in [3.05, 3.63) is 29.8 Å². The van der Waals surface area contributed by atoms with Gasteiger partial charge in [0, 0.05) is 12.1 Å². The van der Waals surface area contributed by atoms with Crippen molar-refractivity contribution in [2.45, 2.75) is 24.3 Å². The van der Waals surface area contributed by atoms with Gasteiger partial charge >= 0.3 is 0 Å². The predicted molar refractivity (Wildman–Crippen MR) is 67.1 cm³/mol. The normalized spacial score (nSPS) is 12.1. The van der Waals surface area contributed by atoms with E-state index in [9.17, 15) is 17.2 Å². The van der Waals surface area contributed by atoms with E-state index in [4.69, 9.17) is 5.73 Å². The fourth-order valence-corrected chi connectivity index (χ4v) is 2.66. The highest BCUT2D eigenvalue weighted by Crippen LogP contribution is 2.18. The molecule has 0 bridgehead atoms. The number of rotatable bonds is 4. The lowest BCUT2D eigenvalue weighted by atomic mass is 10.1. The SMILES string of the molecule is CC(C)(CN)NS(=O)(=O)c1cccc(F)c1F.Cl. The number of benzene rings is 1. The Morgan fingerprint density at radius 2 is 1.89 bits per heavy atom. The molecule has 8 heteroatoms. The Balaban J connectivity index is 0.00000289. The second kappa shape index (κ2) is 5.92. The minimum absolute atomic E-state index is 0. The van der Waals surface area contributed by atoms with Gasteiger partial charge in [-0.05, 0) is 26.0 Å². The quantitative estimate of drug-likeness (QED) is 0.883. The minimum Gasteiger partial charge on any atom is -0.329 e. The smallest absolute Gasteiger partial charge is 0.244 e. The average molecular weight is 301 g/mol. The van der Waals surface area contributed by atoms with Crippen LogP contribution in [0.15, 0.2) is 23.1 Å². The zero-order chi connectivity index (χ0) is 13.3. The average Bonchev–Trinajstić information content (AvgIpc) is 2.20. The Labute approximate surface area is 111 Å². The summed E-state index contributed by atoms with van der Waals surface area (Å²) in [6.45, 7) is 3.12. The molecule has 0 aliphatic carbocycles. The van der Waals surface area contributed by atoms with E-state index in [1.165, 1.54) is 0 Å². The van der Waals surface area contributed by atoms with Crippen molar-refractivity contribution in [1.82, 2.24) is 4.72 Å². The third kappa shape index (κ3) is 3.88. The molecule has 3 N–H and O–H groups in total. The van der Waals surface area contributed by atoms with Crippen LogP contribution in [0.5, 0.6) is 0 Å². The maximum Gasteiger partial charge on any atom is 0.244 e. The van der Waals surface area contributed by atoms with E-state index in [0.29, 0.717) is 0 Å². The van der Waals surface area contributed by atoms with Gasteiger partial charge in [-0.3, -0.25) is 0 Å². The summed E-state index contributed by atoms with van der Waals surface area (Å²) in [5.74, 6) is -2.61. The molecule has 0 amide bonds.